The van der Waals surface area contributed by atoms with E-state index in [1.807, 2.05) is 24.3 Å². The fourth-order valence-corrected chi connectivity index (χ4v) is 2.74. The fourth-order valence-electron chi connectivity index (χ4n) is 2.61. The normalized spacial score (nSPS) is 17.5. The first-order valence-corrected chi connectivity index (χ1v) is 7.98. The third kappa shape index (κ3) is 3.60. The molecule has 3 nitrogen and oxygen atoms in total. The molecule has 0 aliphatic carbocycles. The molecular weight excluding hydrogens is 294 g/mol. The van der Waals surface area contributed by atoms with Gasteiger partial charge in [-0.2, -0.15) is 0 Å². The average molecular weight is 314 g/mol. The molecule has 0 aromatic heterocycles. The third-order valence-electron chi connectivity index (χ3n) is 3.89. The zero-order valence-electron chi connectivity index (χ0n) is 12.7. The number of benzene rings is 2. The minimum absolute atomic E-state index is 0.429. The summed E-state index contributed by atoms with van der Waals surface area (Å²) >= 11 is 5.93. The SMILES string of the molecule is C[C@H]1CN=C(Nc2ccc(Cl)cc2)N1CCc1ccccc1. The quantitative estimate of drug-likeness (QED) is 0.922. The Kier molecular flexibility index (Phi) is 4.64. The molecule has 4 heteroatoms. The van der Waals surface area contributed by atoms with Gasteiger partial charge < -0.3 is 10.2 Å². The predicted molar refractivity (Wildman–Crippen MR) is 93.7 cm³/mol. The van der Waals surface area contributed by atoms with E-state index in [0.29, 0.717) is 6.04 Å². The maximum atomic E-state index is 5.93. The van der Waals surface area contributed by atoms with Gasteiger partial charge in [0.2, 0.25) is 0 Å². The smallest absolute Gasteiger partial charge is 0.198 e. The summed E-state index contributed by atoms with van der Waals surface area (Å²) in [5.74, 6) is 0.950. The number of nitrogens with zero attached hydrogens (tertiary/aromatic N) is 2. The molecule has 0 fully saturated rings. The van der Waals surface area contributed by atoms with Crippen molar-refractivity contribution in [2.75, 3.05) is 18.4 Å². The fraction of sp³-hybridized carbons (Fsp3) is 0.278. The van der Waals surface area contributed by atoms with E-state index in [0.717, 1.165) is 36.2 Å². The highest BCUT2D eigenvalue weighted by Gasteiger charge is 2.23. The van der Waals surface area contributed by atoms with E-state index in [9.17, 15) is 0 Å². The Hall–Kier alpha value is -2.00. The van der Waals surface area contributed by atoms with Gasteiger partial charge in [-0.15, -0.1) is 0 Å². The van der Waals surface area contributed by atoms with Crippen LogP contribution in [-0.4, -0.2) is 30.0 Å². The second-order valence-corrected chi connectivity index (χ2v) is 6.01. The van der Waals surface area contributed by atoms with Crippen LogP contribution in [0.3, 0.4) is 0 Å². The molecule has 3 rings (SSSR count). The van der Waals surface area contributed by atoms with E-state index in [1.54, 1.807) is 0 Å². The van der Waals surface area contributed by atoms with Gasteiger partial charge in [0.15, 0.2) is 5.96 Å². The average Bonchev–Trinajstić information content (AvgIpc) is 2.89. The lowest BCUT2D eigenvalue weighted by Gasteiger charge is -2.26. The summed E-state index contributed by atoms with van der Waals surface area (Å²) in [5, 5.41) is 4.15. The number of nitrogens with one attached hydrogen (secondary N) is 1. The molecule has 0 spiro atoms. The van der Waals surface area contributed by atoms with Crippen LogP contribution in [0.1, 0.15) is 12.5 Å². The number of aliphatic imine (C=N–C) groups is 1. The first-order chi connectivity index (χ1) is 10.7. The maximum absolute atomic E-state index is 5.93. The zero-order chi connectivity index (χ0) is 15.4. The molecule has 0 radical (unpaired) electrons. The molecule has 0 bridgehead atoms. The van der Waals surface area contributed by atoms with Crippen LogP contribution in [0.5, 0.6) is 0 Å². The topological polar surface area (TPSA) is 27.6 Å². The molecule has 1 heterocycles. The molecule has 1 atom stereocenters. The number of guanidine groups is 1. The largest absolute Gasteiger partial charge is 0.338 e. The molecule has 22 heavy (non-hydrogen) atoms. The van der Waals surface area contributed by atoms with E-state index < -0.39 is 0 Å². The summed E-state index contributed by atoms with van der Waals surface area (Å²) in [7, 11) is 0. The van der Waals surface area contributed by atoms with Gasteiger partial charge in [0, 0.05) is 23.3 Å². The van der Waals surface area contributed by atoms with Crippen molar-refractivity contribution in [2.45, 2.75) is 19.4 Å². The van der Waals surface area contributed by atoms with Crippen molar-refractivity contribution in [2.24, 2.45) is 4.99 Å². The number of hydrogen-bond donors (Lipinski definition) is 1. The van der Waals surface area contributed by atoms with Crippen molar-refractivity contribution < 1.29 is 0 Å². The van der Waals surface area contributed by atoms with Crippen molar-refractivity contribution in [1.82, 2.24) is 4.90 Å². The first-order valence-electron chi connectivity index (χ1n) is 7.60. The van der Waals surface area contributed by atoms with E-state index in [2.05, 4.69) is 52.5 Å². The van der Waals surface area contributed by atoms with Gasteiger partial charge in [0.25, 0.3) is 0 Å². The standard InChI is InChI=1S/C18H20ClN3/c1-14-13-20-18(21-17-9-7-16(19)8-10-17)22(14)12-11-15-5-3-2-4-6-15/h2-10,14H,11-13H2,1H3,(H,20,21)/t14-/m0/s1. The summed E-state index contributed by atoms with van der Waals surface area (Å²) in [6, 6.07) is 18.7. The number of halogens is 1. The Morgan fingerprint density at radius 3 is 2.59 bits per heavy atom. The highest BCUT2D eigenvalue weighted by Crippen LogP contribution is 2.17. The molecule has 1 aliphatic rings. The van der Waals surface area contributed by atoms with Gasteiger partial charge in [-0.05, 0) is 43.2 Å². The van der Waals surface area contributed by atoms with Gasteiger partial charge in [0.05, 0.1) is 6.54 Å². The van der Waals surface area contributed by atoms with Crippen molar-refractivity contribution in [3.8, 4) is 0 Å². The van der Waals surface area contributed by atoms with Crippen LogP contribution in [-0.2, 0) is 6.42 Å². The lowest BCUT2D eigenvalue weighted by atomic mass is 10.1. The van der Waals surface area contributed by atoms with Crippen molar-refractivity contribution in [3.63, 3.8) is 0 Å². The summed E-state index contributed by atoms with van der Waals surface area (Å²) in [5.41, 5.74) is 2.37. The zero-order valence-corrected chi connectivity index (χ0v) is 13.4. The lowest BCUT2D eigenvalue weighted by Crippen LogP contribution is -2.39. The van der Waals surface area contributed by atoms with Crippen LogP contribution in [0, 0.1) is 0 Å². The van der Waals surface area contributed by atoms with E-state index in [1.165, 1.54) is 5.56 Å². The molecule has 0 unspecified atom stereocenters. The van der Waals surface area contributed by atoms with Crippen LogP contribution in [0.15, 0.2) is 59.6 Å². The maximum Gasteiger partial charge on any atom is 0.198 e. The van der Waals surface area contributed by atoms with Gasteiger partial charge in [0.1, 0.15) is 0 Å². The van der Waals surface area contributed by atoms with E-state index in [-0.39, 0.29) is 0 Å². The van der Waals surface area contributed by atoms with Gasteiger partial charge >= 0.3 is 0 Å². The van der Waals surface area contributed by atoms with Crippen LogP contribution < -0.4 is 5.32 Å². The van der Waals surface area contributed by atoms with Gasteiger partial charge in [-0.25, -0.2) is 0 Å². The van der Waals surface area contributed by atoms with Crippen LogP contribution in [0.2, 0.25) is 5.02 Å². The third-order valence-corrected chi connectivity index (χ3v) is 4.15. The Bertz CT molecular complexity index is 637. The molecule has 2 aromatic rings. The van der Waals surface area contributed by atoms with Crippen molar-refractivity contribution >= 4 is 23.2 Å². The van der Waals surface area contributed by atoms with Crippen LogP contribution in [0.25, 0.3) is 0 Å². The molecule has 2 aromatic carbocycles. The Balaban J connectivity index is 1.64. The molecule has 114 valence electrons. The van der Waals surface area contributed by atoms with Crippen LogP contribution in [0.4, 0.5) is 5.69 Å². The lowest BCUT2D eigenvalue weighted by molar-refractivity contribution is 0.366. The van der Waals surface area contributed by atoms with Crippen LogP contribution >= 0.6 is 11.6 Å². The second kappa shape index (κ2) is 6.84. The minimum atomic E-state index is 0.429. The minimum Gasteiger partial charge on any atom is -0.338 e. The number of rotatable bonds is 4. The monoisotopic (exact) mass is 313 g/mol. The Morgan fingerprint density at radius 1 is 1.14 bits per heavy atom. The number of anilines is 1. The summed E-state index contributed by atoms with van der Waals surface area (Å²) < 4.78 is 0. The van der Waals surface area contributed by atoms with Crippen molar-refractivity contribution in [1.29, 1.82) is 0 Å². The van der Waals surface area contributed by atoms with E-state index in [4.69, 9.17) is 11.6 Å². The summed E-state index contributed by atoms with van der Waals surface area (Å²) in [6.07, 6.45) is 1.02. The highest BCUT2D eigenvalue weighted by molar-refractivity contribution is 6.30. The first kappa shape index (κ1) is 14.9. The second-order valence-electron chi connectivity index (χ2n) is 5.57. The molecule has 0 saturated heterocycles. The van der Waals surface area contributed by atoms with E-state index >= 15 is 0 Å². The highest BCUT2D eigenvalue weighted by atomic mass is 35.5. The molecule has 0 saturated carbocycles. The molecule has 1 aliphatic heterocycles. The van der Waals surface area contributed by atoms with Crippen molar-refractivity contribution in [3.05, 3.63) is 65.2 Å². The molecule has 1 N–H and O–H groups in total. The summed E-state index contributed by atoms with van der Waals surface area (Å²) in [6.45, 7) is 4.01. The predicted octanol–water partition coefficient (Wildman–Crippen LogP) is 4.05. The number of hydrogen-bond acceptors (Lipinski definition) is 3. The molecule has 0 amide bonds. The molecular formula is C18H20ClN3. The Labute approximate surface area is 136 Å². The van der Waals surface area contributed by atoms with Gasteiger partial charge in [-0.3, -0.25) is 4.99 Å². The van der Waals surface area contributed by atoms with Gasteiger partial charge in [-0.1, -0.05) is 41.9 Å². The summed E-state index contributed by atoms with van der Waals surface area (Å²) in [4.78, 5) is 6.96. The Morgan fingerprint density at radius 2 is 1.86 bits per heavy atom.